The average Bonchev–Trinajstić information content (AvgIpc) is 2.58. The van der Waals surface area contributed by atoms with Crippen LogP contribution in [-0.4, -0.2) is 24.0 Å². The van der Waals surface area contributed by atoms with E-state index in [1.165, 1.54) is 22.3 Å². The summed E-state index contributed by atoms with van der Waals surface area (Å²) in [6.07, 6.45) is 1.14. The number of rotatable bonds is 2. The van der Waals surface area contributed by atoms with E-state index >= 15 is 0 Å². The number of likely N-dealkylation sites (tertiary alicyclic amines) is 1. The Morgan fingerprint density at radius 3 is 2.38 bits per heavy atom. The van der Waals surface area contributed by atoms with Crippen LogP contribution in [0.3, 0.4) is 0 Å². The number of aryl methyl sites for hydroxylation is 3. The van der Waals surface area contributed by atoms with Crippen LogP contribution < -0.4 is 5.73 Å². The fourth-order valence-electron chi connectivity index (χ4n) is 2.69. The van der Waals surface area contributed by atoms with Crippen LogP contribution in [0, 0.1) is 20.8 Å². The fraction of sp³-hybridized carbons (Fsp3) is 0.571. The Bertz CT molecular complexity index is 361. The first-order valence-electron chi connectivity index (χ1n) is 6.11. The monoisotopic (exact) mass is 218 g/mol. The van der Waals surface area contributed by atoms with Gasteiger partial charge < -0.3 is 5.73 Å². The number of hydrogen-bond donors (Lipinski definition) is 1. The van der Waals surface area contributed by atoms with Crippen molar-refractivity contribution >= 4 is 0 Å². The molecule has 0 spiro atoms. The smallest absolute Gasteiger partial charge is 0.0239 e. The SMILES string of the molecule is Cc1cc(C)c(CN2CC[C@@H](N)C2)c(C)c1. The van der Waals surface area contributed by atoms with Gasteiger partial charge in [0, 0.05) is 25.7 Å². The van der Waals surface area contributed by atoms with Gasteiger partial charge in [0.1, 0.15) is 0 Å². The first kappa shape index (κ1) is 11.6. The zero-order valence-electron chi connectivity index (χ0n) is 10.6. The fourth-order valence-corrected chi connectivity index (χ4v) is 2.69. The molecule has 1 saturated heterocycles. The van der Waals surface area contributed by atoms with E-state index in [0.29, 0.717) is 6.04 Å². The van der Waals surface area contributed by atoms with E-state index in [1.807, 2.05) is 0 Å². The molecule has 0 radical (unpaired) electrons. The average molecular weight is 218 g/mol. The van der Waals surface area contributed by atoms with Crippen molar-refractivity contribution in [3.05, 3.63) is 34.4 Å². The molecule has 0 aromatic heterocycles. The third-order valence-electron chi connectivity index (χ3n) is 3.53. The van der Waals surface area contributed by atoms with E-state index in [9.17, 15) is 0 Å². The van der Waals surface area contributed by atoms with Gasteiger partial charge in [0.05, 0.1) is 0 Å². The molecular formula is C14H22N2. The summed E-state index contributed by atoms with van der Waals surface area (Å²) in [6, 6.07) is 4.93. The Labute approximate surface area is 98.4 Å². The first-order chi connectivity index (χ1) is 7.56. The zero-order valence-corrected chi connectivity index (χ0v) is 10.6. The topological polar surface area (TPSA) is 29.3 Å². The van der Waals surface area contributed by atoms with Crippen molar-refractivity contribution in [1.29, 1.82) is 0 Å². The minimum absolute atomic E-state index is 0.381. The minimum Gasteiger partial charge on any atom is -0.326 e. The number of nitrogens with zero attached hydrogens (tertiary/aromatic N) is 1. The summed E-state index contributed by atoms with van der Waals surface area (Å²) in [6.45, 7) is 9.85. The van der Waals surface area contributed by atoms with Crippen molar-refractivity contribution in [2.24, 2.45) is 5.73 Å². The van der Waals surface area contributed by atoms with Crippen molar-refractivity contribution in [3.8, 4) is 0 Å². The maximum Gasteiger partial charge on any atom is 0.0239 e. The van der Waals surface area contributed by atoms with Crippen LogP contribution in [0.25, 0.3) is 0 Å². The number of hydrogen-bond acceptors (Lipinski definition) is 2. The van der Waals surface area contributed by atoms with E-state index in [0.717, 1.165) is 26.1 Å². The highest BCUT2D eigenvalue weighted by Gasteiger charge is 2.19. The zero-order chi connectivity index (χ0) is 11.7. The van der Waals surface area contributed by atoms with Gasteiger partial charge in [-0.1, -0.05) is 17.7 Å². The summed E-state index contributed by atoms with van der Waals surface area (Å²) in [7, 11) is 0. The van der Waals surface area contributed by atoms with Crippen LogP contribution in [-0.2, 0) is 6.54 Å². The lowest BCUT2D eigenvalue weighted by Crippen LogP contribution is -2.26. The molecular weight excluding hydrogens is 196 g/mol. The Balaban J connectivity index is 2.15. The predicted molar refractivity (Wildman–Crippen MR) is 68.5 cm³/mol. The van der Waals surface area contributed by atoms with E-state index in [4.69, 9.17) is 5.73 Å². The van der Waals surface area contributed by atoms with E-state index in [-0.39, 0.29) is 0 Å². The molecule has 1 aliphatic heterocycles. The molecule has 2 N–H and O–H groups in total. The second kappa shape index (κ2) is 4.56. The van der Waals surface area contributed by atoms with Crippen molar-refractivity contribution in [2.45, 2.75) is 39.8 Å². The van der Waals surface area contributed by atoms with Crippen LogP contribution in [0.4, 0.5) is 0 Å². The largest absolute Gasteiger partial charge is 0.326 e. The van der Waals surface area contributed by atoms with Crippen molar-refractivity contribution in [1.82, 2.24) is 4.90 Å². The van der Waals surface area contributed by atoms with Gasteiger partial charge in [-0.05, 0) is 43.9 Å². The third kappa shape index (κ3) is 2.45. The molecule has 2 heteroatoms. The molecule has 1 heterocycles. The standard InChI is InChI=1S/C14H22N2/c1-10-6-11(2)14(12(3)7-10)9-16-5-4-13(15)8-16/h6-7,13H,4-5,8-9,15H2,1-3H3/t13-/m1/s1. The molecule has 1 aliphatic rings. The van der Waals surface area contributed by atoms with Gasteiger partial charge in [0.2, 0.25) is 0 Å². The van der Waals surface area contributed by atoms with Crippen LogP contribution in [0.15, 0.2) is 12.1 Å². The van der Waals surface area contributed by atoms with Crippen LogP contribution in [0.1, 0.15) is 28.7 Å². The maximum absolute atomic E-state index is 5.94. The number of benzene rings is 1. The molecule has 2 nitrogen and oxygen atoms in total. The second-order valence-electron chi connectivity index (χ2n) is 5.16. The molecule has 2 rings (SSSR count). The molecule has 1 aromatic rings. The van der Waals surface area contributed by atoms with Gasteiger partial charge in [0.15, 0.2) is 0 Å². The minimum atomic E-state index is 0.381. The van der Waals surface area contributed by atoms with Crippen molar-refractivity contribution in [2.75, 3.05) is 13.1 Å². The Morgan fingerprint density at radius 1 is 1.25 bits per heavy atom. The van der Waals surface area contributed by atoms with Gasteiger partial charge in [-0.2, -0.15) is 0 Å². The van der Waals surface area contributed by atoms with Crippen LogP contribution in [0.2, 0.25) is 0 Å². The highest BCUT2D eigenvalue weighted by atomic mass is 15.2. The van der Waals surface area contributed by atoms with Gasteiger partial charge in [-0.15, -0.1) is 0 Å². The molecule has 0 saturated carbocycles. The summed E-state index contributed by atoms with van der Waals surface area (Å²) >= 11 is 0. The second-order valence-corrected chi connectivity index (χ2v) is 5.16. The predicted octanol–water partition coefficient (Wildman–Crippen LogP) is 2.14. The van der Waals surface area contributed by atoms with Gasteiger partial charge in [-0.3, -0.25) is 4.90 Å². The van der Waals surface area contributed by atoms with Gasteiger partial charge >= 0.3 is 0 Å². The Morgan fingerprint density at radius 2 is 1.88 bits per heavy atom. The lowest BCUT2D eigenvalue weighted by Gasteiger charge is -2.19. The molecule has 16 heavy (non-hydrogen) atoms. The first-order valence-corrected chi connectivity index (χ1v) is 6.11. The van der Waals surface area contributed by atoms with Crippen molar-refractivity contribution in [3.63, 3.8) is 0 Å². The lowest BCUT2D eigenvalue weighted by atomic mass is 9.99. The lowest BCUT2D eigenvalue weighted by molar-refractivity contribution is 0.325. The Hall–Kier alpha value is -0.860. The quantitative estimate of drug-likeness (QED) is 0.824. The van der Waals surface area contributed by atoms with Gasteiger partial charge in [-0.25, -0.2) is 0 Å². The summed E-state index contributed by atoms with van der Waals surface area (Å²) in [5, 5.41) is 0. The summed E-state index contributed by atoms with van der Waals surface area (Å²) < 4.78 is 0. The summed E-state index contributed by atoms with van der Waals surface area (Å²) in [4.78, 5) is 2.47. The highest BCUT2D eigenvalue weighted by Crippen LogP contribution is 2.20. The summed E-state index contributed by atoms with van der Waals surface area (Å²) in [5.74, 6) is 0. The normalized spacial score (nSPS) is 21.6. The molecule has 1 atom stereocenters. The number of nitrogens with two attached hydrogens (primary N) is 1. The molecule has 1 aromatic carbocycles. The van der Waals surface area contributed by atoms with E-state index in [1.54, 1.807) is 0 Å². The van der Waals surface area contributed by atoms with Crippen LogP contribution in [0.5, 0.6) is 0 Å². The highest BCUT2D eigenvalue weighted by molar-refractivity contribution is 5.37. The molecule has 88 valence electrons. The molecule has 0 unspecified atom stereocenters. The molecule has 1 fully saturated rings. The Kier molecular flexibility index (Phi) is 3.31. The van der Waals surface area contributed by atoms with Crippen molar-refractivity contribution < 1.29 is 0 Å². The van der Waals surface area contributed by atoms with Crippen LogP contribution >= 0.6 is 0 Å². The third-order valence-corrected chi connectivity index (χ3v) is 3.53. The van der Waals surface area contributed by atoms with E-state index < -0.39 is 0 Å². The van der Waals surface area contributed by atoms with Gasteiger partial charge in [0.25, 0.3) is 0 Å². The summed E-state index contributed by atoms with van der Waals surface area (Å²) in [5.41, 5.74) is 11.6. The van der Waals surface area contributed by atoms with E-state index in [2.05, 4.69) is 37.8 Å². The molecule has 0 bridgehead atoms. The molecule has 0 aliphatic carbocycles. The molecule has 0 amide bonds. The maximum atomic E-state index is 5.94.